The molecule has 0 aromatic heterocycles. The summed E-state index contributed by atoms with van der Waals surface area (Å²) in [6.07, 6.45) is 0. The molecule has 0 heterocycles. The second kappa shape index (κ2) is 4.71. The van der Waals surface area contributed by atoms with Gasteiger partial charge in [0.25, 0.3) is 0 Å². The van der Waals surface area contributed by atoms with Crippen LogP contribution in [0.1, 0.15) is 6.92 Å². The fourth-order valence-corrected chi connectivity index (χ4v) is 0.449. The molecule has 0 bridgehead atoms. The molecule has 0 atom stereocenters. The molecule has 62 valence electrons. The van der Waals surface area contributed by atoms with Crippen molar-refractivity contribution in [2.75, 3.05) is 6.61 Å². The quantitative estimate of drug-likeness (QED) is 0.289. The van der Waals surface area contributed by atoms with Crippen molar-refractivity contribution in [1.82, 2.24) is 0 Å². The zero-order valence-electron chi connectivity index (χ0n) is 5.66. The molecule has 0 saturated carbocycles. The molecule has 0 aliphatic carbocycles. The van der Waals surface area contributed by atoms with E-state index in [0.29, 0.717) is 0 Å². The predicted octanol–water partition coefficient (Wildman–Crippen LogP) is 1.92. The van der Waals surface area contributed by atoms with Crippen LogP contribution in [0, 0.1) is 11.8 Å². The van der Waals surface area contributed by atoms with E-state index < -0.39 is 9.76 Å². The maximum Gasteiger partial charge on any atom is 0.384 e. The zero-order chi connectivity index (χ0) is 8.91. The number of hydrogen-bond donors (Lipinski definition) is 0. The Morgan fingerprint density at radius 2 is 2.09 bits per heavy atom. The van der Waals surface area contributed by atoms with Gasteiger partial charge in [0.2, 0.25) is 3.79 Å². The predicted molar refractivity (Wildman–Crippen MR) is 44.7 cm³/mol. The van der Waals surface area contributed by atoms with Gasteiger partial charge in [-0.3, -0.25) is 0 Å². The smallest absolute Gasteiger partial charge is 0.384 e. The van der Waals surface area contributed by atoms with Crippen LogP contribution in [0.25, 0.3) is 0 Å². The Morgan fingerprint density at radius 3 is 2.45 bits per heavy atom. The molecule has 0 aromatic rings. The summed E-state index contributed by atoms with van der Waals surface area (Å²) in [7, 11) is 0. The fraction of sp³-hybridized carbons (Fsp3) is 0.500. The SMILES string of the molecule is CC#CC(=O)OCC(Cl)(Cl)Cl. The first-order chi connectivity index (χ1) is 4.95. The highest BCUT2D eigenvalue weighted by Crippen LogP contribution is 2.25. The summed E-state index contributed by atoms with van der Waals surface area (Å²) in [4.78, 5) is 10.5. The van der Waals surface area contributed by atoms with E-state index in [9.17, 15) is 4.79 Å². The Balaban J connectivity index is 3.69. The molecule has 2 nitrogen and oxygen atoms in total. The van der Waals surface area contributed by atoms with E-state index in [1.54, 1.807) is 0 Å². The van der Waals surface area contributed by atoms with Gasteiger partial charge in [0.15, 0.2) is 0 Å². The molecular weight excluding hydrogens is 210 g/mol. The lowest BCUT2D eigenvalue weighted by molar-refractivity contribution is -0.136. The number of carbonyl (C=O) groups excluding carboxylic acids is 1. The van der Waals surface area contributed by atoms with Gasteiger partial charge in [-0.25, -0.2) is 4.79 Å². The number of alkyl halides is 3. The van der Waals surface area contributed by atoms with Crippen LogP contribution in [0.3, 0.4) is 0 Å². The minimum atomic E-state index is -1.56. The van der Waals surface area contributed by atoms with Crippen molar-refractivity contribution < 1.29 is 9.53 Å². The van der Waals surface area contributed by atoms with Gasteiger partial charge in [0.05, 0.1) is 0 Å². The van der Waals surface area contributed by atoms with Gasteiger partial charge >= 0.3 is 5.97 Å². The molecule has 0 spiro atoms. The summed E-state index contributed by atoms with van der Waals surface area (Å²) >= 11 is 15.8. The number of esters is 1. The topological polar surface area (TPSA) is 26.3 Å². The van der Waals surface area contributed by atoms with E-state index in [2.05, 4.69) is 16.6 Å². The Bertz CT molecular complexity index is 196. The Labute approximate surface area is 79.7 Å². The molecule has 0 saturated heterocycles. The second-order valence-corrected chi connectivity index (χ2v) is 4.08. The molecule has 0 aromatic carbocycles. The van der Waals surface area contributed by atoms with Crippen molar-refractivity contribution in [3.8, 4) is 11.8 Å². The van der Waals surface area contributed by atoms with Gasteiger partial charge in [0, 0.05) is 5.92 Å². The van der Waals surface area contributed by atoms with Crippen LogP contribution in [-0.4, -0.2) is 16.4 Å². The maximum atomic E-state index is 10.5. The monoisotopic (exact) mass is 214 g/mol. The zero-order valence-corrected chi connectivity index (χ0v) is 7.93. The van der Waals surface area contributed by atoms with Gasteiger partial charge in [-0.05, 0) is 6.92 Å². The lowest BCUT2D eigenvalue weighted by Crippen LogP contribution is -2.15. The van der Waals surface area contributed by atoms with Gasteiger partial charge < -0.3 is 4.74 Å². The molecule has 0 amide bonds. The third kappa shape index (κ3) is 7.80. The van der Waals surface area contributed by atoms with E-state index >= 15 is 0 Å². The van der Waals surface area contributed by atoms with Crippen LogP contribution in [-0.2, 0) is 9.53 Å². The fourth-order valence-electron chi connectivity index (χ4n) is 0.286. The normalized spacial score (nSPS) is 9.82. The van der Waals surface area contributed by atoms with E-state index in [1.807, 2.05) is 0 Å². The number of ether oxygens (including phenoxy) is 1. The van der Waals surface area contributed by atoms with E-state index in [4.69, 9.17) is 34.8 Å². The number of halogens is 3. The largest absolute Gasteiger partial charge is 0.452 e. The first-order valence-corrected chi connectivity index (χ1v) is 3.75. The summed E-state index contributed by atoms with van der Waals surface area (Å²) in [5, 5.41) is 0. The molecule has 0 fully saturated rings. The van der Waals surface area contributed by atoms with Crippen LogP contribution >= 0.6 is 34.8 Å². The number of carbonyl (C=O) groups is 1. The number of rotatable bonds is 1. The van der Waals surface area contributed by atoms with Crippen molar-refractivity contribution in [3.05, 3.63) is 0 Å². The summed E-state index contributed by atoms with van der Waals surface area (Å²) in [6.45, 7) is 1.22. The summed E-state index contributed by atoms with van der Waals surface area (Å²) in [5.74, 6) is 3.79. The van der Waals surface area contributed by atoms with Crippen LogP contribution in [0.5, 0.6) is 0 Å². The average molecular weight is 215 g/mol. The van der Waals surface area contributed by atoms with E-state index in [1.165, 1.54) is 6.92 Å². The molecule has 11 heavy (non-hydrogen) atoms. The maximum absolute atomic E-state index is 10.5. The van der Waals surface area contributed by atoms with Gasteiger partial charge in [-0.15, -0.1) is 0 Å². The van der Waals surface area contributed by atoms with Crippen molar-refractivity contribution in [2.45, 2.75) is 10.7 Å². The van der Waals surface area contributed by atoms with E-state index in [0.717, 1.165) is 0 Å². The Morgan fingerprint density at radius 1 is 1.55 bits per heavy atom. The minimum absolute atomic E-state index is 0.287. The lowest BCUT2D eigenvalue weighted by atomic mass is 10.6. The van der Waals surface area contributed by atoms with Crippen molar-refractivity contribution in [3.63, 3.8) is 0 Å². The van der Waals surface area contributed by atoms with Gasteiger partial charge in [-0.2, -0.15) is 0 Å². The van der Waals surface area contributed by atoms with Gasteiger partial charge in [-0.1, -0.05) is 40.7 Å². The van der Waals surface area contributed by atoms with Crippen LogP contribution in [0.4, 0.5) is 0 Å². The molecule has 0 N–H and O–H groups in total. The second-order valence-electron chi connectivity index (χ2n) is 1.57. The molecule has 0 aliphatic rings. The van der Waals surface area contributed by atoms with Crippen molar-refractivity contribution >= 4 is 40.8 Å². The molecule has 0 unspecified atom stereocenters. The summed E-state index contributed by atoms with van der Waals surface area (Å²) in [6, 6.07) is 0. The van der Waals surface area contributed by atoms with Crippen LogP contribution in [0.15, 0.2) is 0 Å². The first-order valence-electron chi connectivity index (χ1n) is 2.62. The highest BCUT2D eigenvalue weighted by atomic mass is 35.6. The highest BCUT2D eigenvalue weighted by molar-refractivity contribution is 6.67. The molecular formula is C6H5Cl3O2. The van der Waals surface area contributed by atoms with Crippen LogP contribution in [0.2, 0.25) is 0 Å². The van der Waals surface area contributed by atoms with Crippen molar-refractivity contribution in [2.24, 2.45) is 0 Å². The lowest BCUT2D eigenvalue weighted by Gasteiger charge is -2.08. The third-order valence-electron chi connectivity index (χ3n) is 0.594. The summed E-state index contributed by atoms with van der Waals surface area (Å²) in [5.41, 5.74) is 0. The average Bonchev–Trinajstić information content (AvgIpc) is 1.83. The van der Waals surface area contributed by atoms with E-state index in [-0.39, 0.29) is 6.61 Å². The van der Waals surface area contributed by atoms with Crippen LogP contribution < -0.4 is 0 Å². The Hall–Kier alpha value is -0.100. The molecule has 5 heteroatoms. The first kappa shape index (κ1) is 10.9. The highest BCUT2D eigenvalue weighted by Gasteiger charge is 2.21. The standard InChI is InChI=1S/C6H5Cl3O2/c1-2-3-5(10)11-4-6(7,8)9/h4H2,1H3. The third-order valence-corrected chi connectivity index (χ3v) is 0.921. The van der Waals surface area contributed by atoms with Crippen molar-refractivity contribution in [1.29, 1.82) is 0 Å². The number of hydrogen-bond acceptors (Lipinski definition) is 2. The van der Waals surface area contributed by atoms with Gasteiger partial charge in [0.1, 0.15) is 6.61 Å². The molecule has 0 rings (SSSR count). The molecule has 0 radical (unpaired) electrons. The minimum Gasteiger partial charge on any atom is -0.452 e. The Kier molecular flexibility index (Phi) is 4.67. The molecule has 0 aliphatic heterocycles. The summed E-state index contributed by atoms with van der Waals surface area (Å²) < 4.78 is 2.87.